The molecule has 3 N–H and O–H groups in total. The maximum atomic E-state index is 12.7. The number of hydrogen-bond acceptors (Lipinski definition) is 8. The number of ether oxygens (including phenoxy) is 2. The van der Waals surface area contributed by atoms with Gasteiger partial charge in [0.15, 0.2) is 6.10 Å². The van der Waals surface area contributed by atoms with Gasteiger partial charge in [-0.1, -0.05) is 220 Å². The Bertz CT molecular complexity index is 1450. The molecule has 0 saturated carbocycles. The van der Waals surface area contributed by atoms with E-state index in [0.29, 0.717) is 6.42 Å². The molecule has 0 rings (SSSR count). The summed E-state index contributed by atoms with van der Waals surface area (Å²) in [5.41, 5.74) is 5.37. The minimum atomic E-state index is -4.40. The van der Waals surface area contributed by atoms with Gasteiger partial charge in [-0.3, -0.25) is 18.6 Å². The predicted molar refractivity (Wildman–Crippen MR) is 293 cm³/mol. The number of hydrogen-bond donors (Lipinski definition) is 2. The molecule has 396 valence electrons. The molecule has 0 saturated heterocycles. The Morgan fingerprint density at radius 2 is 0.797 bits per heavy atom. The molecule has 0 radical (unpaired) electrons. The van der Waals surface area contributed by atoms with E-state index in [1.807, 2.05) is 0 Å². The second-order valence-corrected chi connectivity index (χ2v) is 19.5. The van der Waals surface area contributed by atoms with Crippen LogP contribution in [-0.4, -0.2) is 49.3 Å². The Labute approximate surface area is 423 Å². The van der Waals surface area contributed by atoms with Crippen LogP contribution in [0.3, 0.4) is 0 Å². The lowest BCUT2D eigenvalue weighted by Gasteiger charge is -2.19. The van der Waals surface area contributed by atoms with Crippen LogP contribution >= 0.6 is 7.82 Å². The number of carbonyl (C=O) groups is 2. The number of allylic oxidation sites excluding steroid dienone is 16. The summed E-state index contributed by atoms with van der Waals surface area (Å²) in [6, 6.07) is 0. The molecule has 0 aromatic carbocycles. The van der Waals surface area contributed by atoms with Crippen LogP contribution in [0.15, 0.2) is 97.2 Å². The topological polar surface area (TPSA) is 134 Å². The van der Waals surface area contributed by atoms with Gasteiger partial charge in [-0.05, 0) is 96.3 Å². The standard InChI is InChI=1S/C59H102NO8P/c1-3-5-7-9-11-13-15-17-19-21-23-25-26-27-28-29-30-32-34-36-38-40-42-44-46-48-50-52-59(62)68-57(56-67-69(63,64)66-54-53-60)55-65-58(61)51-49-47-45-43-41-39-37-35-33-31-24-22-20-18-16-14-12-10-8-6-4-2/h5,7,11,13,17,19,22-25,27-28,30,32,36,38,57H,3-4,6,8-10,12,14-16,18,20-21,26,29,31,33-35,37,39-56,60H2,1-2H3,(H,63,64)/b7-5-,13-11-,19-17-,24-22-,25-23-,28-27-,32-30-,38-36-. The van der Waals surface area contributed by atoms with E-state index in [9.17, 15) is 19.0 Å². The van der Waals surface area contributed by atoms with Gasteiger partial charge in [0.1, 0.15) is 6.61 Å². The molecule has 2 atom stereocenters. The molecule has 0 heterocycles. The van der Waals surface area contributed by atoms with Gasteiger partial charge in [0.2, 0.25) is 0 Å². The fraction of sp³-hybridized carbons (Fsp3) is 0.695. The first-order valence-electron chi connectivity index (χ1n) is 27.7. The third-order valence-electron chi connectivity index (χ3n) is 11.5. The average molecular weight is 984 g/mol. The van der Waals surface area contributed by atoms with Crippen LogP contribution in [0.1, 0.15) is 232 Å². The molecule has 0 spiro atoms. The zero-order chi connectivity index (χ0) is 50.2. The van der Waals surface area contributed by atoms with E-state index in [1.165, 1.54) is 103 Å². The van der Waals surface area contributed by atoms with Crippen molar-refractivity contribution in [1.82, 2.24) is 0 Å². The number of phosphoric acid groups is 1. The number of nitrogens with two attached hydrogens (primary N) is 1. The van der Waals surface area contributed by atoms with Crippen molar-refractivity contribution in [3.8, 4) is 0 Å². The molecular formula is C59H102NO8P. The smallest absolute Gasteiger partial charge is 0.462 e. The molecule has 0 aromatic rings. The number of unbranched alkanes of at least 4 members (excludes halogenated alkanes) is 22. The van der Waals surface area contributed by atoms with E-state index in [-0.39, 0.29) is 32.6 Å². The first-order chi connectivity index (χ1) is 33.8. The molecule has 0 aliphatic heterocycles. The summed E-state index contributed by atoms with van der Waals surface area (Å²) in [7, 11) is -4.40. The summed E-state index contributed by atoms with van der Waals surface area (Å²) in [5, 5.41) is 0. The summed E-state index contributed by atoms with van der Waals surface area (Å²) >= 11 is 0. The van der Waals surface area contributed by atoms with E-state index in [2.05, 4.69) is 111 Å². The highest BCUT2D eigenvalue weighted by molar-refractivity contribution is 7.47. The van der Waals surface area contributed by atoms with Crippen molar-refractivity contribution in [3.63, 3.8) is 0 Å². The van der Waals surface area contributed by atoms with Crippen LogP contribution in [0.2, 0.25) is 0 Å². The summed E-state index contributed by atoms with van der Waals surface area (Å²) in [4.78, 5) is 35.1. The van der Waals surface area contributed by atoms with Crippen molar-refractivity contribution >= 4 is 19.8 Å². The highest BCUT2D eigenvalue weighted by Crippen LogP contribution is 2.43. The van der Waals surface area contributed by atoms with Crippen molar-refractivity contribution < 1.29 is 37.6 Å². The molecule has 0 aliphatic carbocycles. The van der Waals surface area contributed by atoms with E-state index >= 15 is 0 Å². The minimum absolute atomic E-state index is 0.0449. The van der Waals surface area contributed by atoms with Crippen molar-refractivity contribution in [2.75, 3.05) is 26.4 Å². The zero-order valence-electron chi connectivity index (χ0n) is 44.0. The number of rotatable bonds is 51. The van der Waals surface area contributed by atoms with Crippen molar-refractivity contribution in [3.05, 3.63) is 97.2 Å². The molecule has 0 aromatic heterocycles. The molecule has 0 amide bonds. The molecule has 9 nitrogen and oxygen atoms in total. The predicted octanol–water partition coefficient (Wildman–Crippen LogP) is 17.3. The van der Waals surface area contributed by atoms with Crippen LogP contribution in [0.25, 0.3) is 0 Å². The van der Waals surface area contributed by atoms with Crippen LogP contribution in [0.4, 0.5) is 0 Å². The van der Waals surface area contributed by atoms with Gasteiger partial charge in [-0.2, -0.15) is 0 Å². The quantitative estimate of drug-likeness (QED) is 0.0264. The van der Waals surface area contributed by atoms with Crippen LogP contribution in [-0.2, 0) is 32.7 Å². The van der Waals surface area contributed by atoms with E-state index in [1.54, 1.807) is 0 Å². The molecule has 0 aliphatic rings. The first-order valence-corrected chi connectivity index (χ1v) is 29.2. The molecule has 2 unspecified atom stereocenters. The lowest BCUT2D eigenvalue weighted by molar-refractivity contribution is -0.161. The second-order valence-electron chi connectivity index (χ2n) is 18.1. The van der Waals surface area contributed by atoms with Gasteiger partial charge in [0.05, 0.1) is 13.2 Å². The van der Waals surface area contributed by atoms with Crippen molar-refractivity contribution in [2.45, 2.75) is 238 Å². The van der Waals surface area contributed by atoms with Crippen LogP contribution in [0, 0.1) is 0 Å². The third kappa shape index (κ3) is 54.1. The van der Waals surface area contributed by atoms with E-state index in [4.69, 9.17) is 24.3 Å². The van der Waals surface area contributed by atoms with Gasteiger partial charge in [-0.25, -0.2) is 4.57 Å². The van der Waals surface area contributed by atoms with Crippen LogP contribution < -0.4 is 5.73 Å². The van der Waals surface area contributed by atoms with E-state index in [0.717, 1.165) is 96.3 Å². The summed E-state index contributed by atoms with van der Waals surface area (Å²) < 4.78 is 33.0. The van der Waals surface area contributed by atoms with Crippen LogP contribution in [0.5, 0.6) is 0 Å². The maximum absolute atomic E-state index is 12.7. The minimum Gasteiger partial charge on any atom is -0.462 e. The Balaban J connectivity index is 4.09. The molecular weight excluding hydrogens is 882 g/mol. The number of esters is 2. The lowest BCUT2D eigenvalue weighted by Crippen LogP contribution is -2.29. The molecule has 0 fully saturated rings. The Hall–Kier alpha value is -3.07. The molecule has 10 heteroatoms. The van der Waals surface area contributed by atoms with Gasteiger partial charge in [0, 0.05) is 19.4 Å². The zero-order valence-corrected chi connectivity index (χ0v) is 44.9. The maximum Gasteiger partial charge on any atom is 0.472 e. The van der Waals surface area contributed by atoms with Crippen molar-refractivity contribution in [2.24, 2.45) is 5.73 Å². The Morgan fingerprint density at radius 3 is 1.20 bits per heavy atom. The Morgan fingerprint density at radius 1 is 0.449 bits per heavy atom. The monoisotopic (exact) mass is 984 g/mol. The van der Waals surface area contributed by atoms with Gasteiger partial charge in [0.25, 0.3) is 0 Å². The molecule has 69 heavy (non-hydrogen) atoms. The number of carbonyl (C=O) groups excluding carboxylic acids is 2. The molecule has 0 bridgehead atoms. The SMILES string of the molecule is CC/C=C\C/C=C\C/C=C\C/C=C\C/C=C\C/C=C\C/C=C\CCCCCCCC(=O)OC(COC(=O)CCCCCCCCCCC/C=C\CCCCCCCCCC)COP(=O)(O)OCCN. The summed E-state index contributed by atoms with van der Waals surface area (Å²) in [6.45, 7) is 3.61. The van der Waals surface area contributed by atoms with Gasteiger partial charge >= 0.3 is 19.8 Å². The lowest BCUT2D eigenvalue weighted by atomic mass is 10.1. The second kappa shape index (κ2) is 54.3. The normalized spacial score (nSPS) is 13.9. The highest BCUT2D eigenvalue weighted by atomic mass is 31.2. The fourth-order valence-electron chi connectivity index (χ4n) is 7.37. The van der Waals surface area contributed by atoms with Crippen molar-refractivity contribution in [1.29, 1.82) is 0 Å². The number of phosphoric ester groups is 1. The summed E-state index contributed by atoms with van der Waals surface area (Å²) in [5.74, 6) is -0.855. The highest BCUT2D eigenvalue weighted by Gasteiger charge is 2.26. The third-order valence-corrected chi connectivity index (χ3v) is 12.4. The van der Waals surface area contributed by atoms with Gasteiger partial charge in [-0.15, -0.1) is 0 Å². The fourth-order valence-corrected chi connectivity index (χ4v) is 8.14. The largest absolute Gasteiger partial charge is 0.472 e. The summed E-state index contributed by atoms with van der Waals surface area (Å²) in [6.07, 6.45) is 71.6. The first kappa shape index (κ1) is 65.9. The average Bonchev–Trinajstić information content (AvgIpc) is 3.34. The van der Waals surface area contributed by atoms with E-state index < -0.39 is 32.5 Å². The Kier molecular flexibility index (Phi) is 51.9. The van der Waals surface area contributed by atoms with Gasteiger partial charge < -0.3 is 20.1 Å².